The lowest BCUT2D eigenvalue weighted by Gasteiger charge is -2.23. The van der Waals surface area contributed by atoms with Gasteiger partial charge in [0.2, 0.25) is 0 Å². The van der Waals surface area contributed by atoms with Gasteiger partial charge < -0.3 is 9.47 Å². The largest absolute Gasteiger partial charge is 0.331 e. The standard InChI is InChI=1S/C23H27BrClN3O/c1-4-6-12-27(23(29)17-8-7-16(3)19(24)13-17)15-22-26-20-10-9-18(25)14-21(20)28(22)11-5-2/h7-10,13-14H,4-6,11-12,15H2,1-3H3. The van der Waals surface area contributed by atoms with Crippen molar-refractivity contribution >= 4 is 44.5 Å². The summed E-state index contributed by atoms with van der Waals surface area (Å²) in [5, 5.41) is 0.699. The number of hydrogen-bond donors (Lipinski definition) is 0. The van der Waals surface area contributed by atoms with Crippen LogP contribution in [0.25, 0.3) is 11.0 Å². The van der Waals surface area contributed by atoms with Crippen LogP contribution in [-0.2, 0) is 13.1 Å². The topological polar surface area (TPSA) is 38.1 Å². The number of imidazole rings is 1. The number of carbonyl (C=O) groups is 1. The number of halogens is 2. The molecule has 2 aromatic carbocycles. The van der Waals surface area contributed by atoms with Gasteiger partial charge in [-0.2, -0.15) is 0 Å². The Kier molecular flexibility index (Phi) is 7.36. The minimum Gasteiger partial charge on any atom is -0.331 e. The van der Waals surface area contributed by atoms with Gasteiger partial charge in [0.1, 0.15) is 5.82 Å². The van der Waals surface area contributed by atoms with E-state index in [1.54, 1.807) is 0 Å². The Bertz CT molecular complexity index is 1010. The van der Waals surface area contributed by atoms with Crippen molar-refractivity contribution in [2.45, 2.75) is 53.1 Å². The van der Waals surface area contributed by atoms with Crippen LogP contribution in [0.1, 0.15) is 54.9 Å². The summed E-state index contributed by atoms with van der Waals surface area (Å²) in [5.74, 6) is 0.937. The second-order valence-corrected chi connectivity index (χ2v) is 8.65. The van der Waals surface area contributed by atoms with E-state index in [9.17, 15) is 4.79 Å². The summed E-state index contributed by atoms with van der Waals surface area (Å²) in [6.07, 6.45) is 2.97. The van der Waals surface area contributed by atoms with Crippen molar-refractivity contribution in [3.63, 3.8) is 0 Å². The summed E-state index contributed by atoms with van der Waals surface area (Å²) in [4.78, 5) is 20.0. The zero-order valence-electron chi connectivity index (χ0n) is 17.2. The molecule has 0 bridgehead atoms. The Morgan fingerprint density at radius 1 is 1.17 bits per heavy atom. The monoisotopic (exact) mass is 475 g/mol. The molecule has 0 saturated carbocycles. The lowest BCUT2D eigenvalue weighted by atomic mass is 10.1. The average Bonchev–Trinajstić information content (AvgIpc) is 3.03. The van der Waals surface area contributed by atoms with Gasteiger partial charge in [-0.1, -0.05) is 53.9 Å². The van der Waals surface area contributed by atoms with Crippen LogP contribution >= 0.6 is 27.5 Å². The summed E-state index contributed by atoms with van der Waals surface area (Å²) in [5.41, 5.74) is 3.75. The zero-order chi connectivity index (χ0) is 21.0. The van der Waals surface area contributed by atoms with Crippen molar-refractivity contribution in [2.24, 2.45) is 0 Å². The molecule has 4 nitrogen and oxygen atoms in total. The van der Waals surface area contributed by atoms with Gasteiger partial charge in [0.05, 0.1) is 17.6 Å². The van der Waals surface area contributed by atoms with Crippen LogP contribution in [0.5, 0.6) is 0 Å². The quantitative estimate of drug-likeness (QED) is 0.367. The van der Waals surface area contributed by atoms with E-state index < -0.39 is 0 Å². The minimum atomic E-state index is 0.0345. The lowest BCUT2D eigenvalue weighted by Crippen LogP contribution is -2.32. The normalized spacial score (nSPS) is 11.2. The average molecular weight is 477 g/mol. The molecule has 0 spiro atoms. The number of fused-ring (bicyclic) bond motifs is 1. The van der Waals surface area contributed by atoms with Gasteiger partial charge in [-0.05, 0) is 55.7 Å². The summed E-state index contributed by atoms with van der Waals surface area (Å²) < 4.78 is 3.14. The molecule has 29 heavy (non-hydrogen) atoms. The second-order valence-electron chi connectivity index (χ2n) is 7.36. The highest BCUT2D eigenvalue weighted by atomic mass is 79.9. The summed E-state index contributed by atoms with van der Waals surface area (Å²) in [7, 11) is 0. The first-order valence-corrected chi connectivity index (χ1v) is 11.3. The zero-order valence-corrected chi connectivity index (χ0v) is 19.6. The smallest absolute Gasteiger partial charge is 0.254 e. The number of aromatic nitrogens is 2. The third kappa shape index (κ3) is 5.01. The fraction of sp³-hybridized carbons (Fsp3) is 0.391. The van der Waals surface area contributed by atoms with E-state index in [0.29, 0.717) is 23.7 Å². The Labute approximate surface area is 186 Å². The van der Waals surface area contributed by atoms with E-state index in [1.807, 2.05) is 48.2 Å². The number of hydrogen-bond acceptors (Lipinski definition) is 2. The molecule has 154 valence electrons. The molecule has 0 radical (unpaired) electrons. The molecule has 0 atom stereocenters. The van der Waals surface area contributed by atoms with Gasteiger partial charge in [-0.25, -0.2) is 4.98 Å². The molecule has 1 amide bonds. The van der Waals surface area contributed by atoms with Crippen LogP contribution in [0.2, 0.25) is 5.02 Å². The maximum Gasteiger partial charge on any atom is 0.254 e. The van der Waals surface area contributed by atoms with Crippen LogP contribution in [0, 0.1) is 6.92 Å². The Morgan fingerprint density at radius 3 is 2.66 bits per heavy atom. The van der Waals surface area contributed by atoms with E-state index in [0.717, 1.165) is 52.7 Å². The number of nitrogens with zero attached hydrogens (tertiary/aromatic N) is 3. The second kappa shape index (κ2) is 9.77. The maximum atomic E-state index is 13.3. The van der Waals surface area contributed by atoms with Gasteiger partial charge in [0, 0.05) is 28.1 Å². The van der Waals surface area contributed by atoms with Crippen molar-refractivity contribution in [3.05, 3.63) is 62.8 Å². The van der Waals surface area contributed by atoms with Crippen molar-refractivity contribution in [1.82, 2.24) is 14.5 Å². The van der Waals surface area contributed by atoms with Gasteiger partial charge in [-0.3, -0.25) is 4.79 Å². The van der Waals surface area contributed by atoms with Gasteiger partial charge in [0.25, 0.3) is 5.91 Å². The molecular formula is C23H27BrClN3O. The number of carbonyl (C=O) groups excluding carboxylic acids is 1. The van der Waals surface area contributed by atoms with Crippen LogP contribution in [0.4, 0.5) is 0 Å². The molecule has 1 heterocycles. The van der Waals surface area contributed by atoms with Gasteiger partial charge >= 0.3 is 0 Å². The number of rotatable bonds is 8. The Hall–Kier alpha value is -1.85. The van der Waals surface area contributed by atoms with Crippen LogP contribution in [0.15, 0.2) is 40.9 Å². The maximum absolute atomic E-state index is 13.3. The summed E-state index contributed by atoms with van der Waals surface area (Å²) >= 11 is 9.77. The first-order chi connectivity index (χ1) is 13.9. The number of amides is 1. The highest BCUT2D eigenvalue weighted by Crippen LogP contribution is 2.24. The molecule has 6 heteroatoms. The SMILES string of the molecule is CCCCN(Cc1nc2ccc(Cl)cc2n1CCC)C(=O)c1ccc(C)c(Br)c1. The van der Waals surface area contributed by atoms with E-state index in [4.69, 9.17) is 16.6 Å². The van der Waals surface area contributed by atoms with E-state index >= 15 is 0 Å². The van der Waals surface area contributed by atoms with Crippen LogP contribution in [-0.4, -0.2) is 26.9 Å². The summed E-state index contributed by atoms with van der Waals surface area (Å²) in [6, 6.07) is 11.5. The molecule has 1 aromatic heterocycles. The number of aryl methyl sites for hydroxylation is 2. The molecule has 0 fully saturated rings. The number of benzene rings is 2. The van der Waals surface area contributed by atoms with Gasteiger partial charge in [0.15, 0.2) is 0 Å². The molecule has 3 rings (SSSR count). The van der Waals surface area contributed by atoms with E-state index in [-0.39, 0.29) is 5.91 Å². The Morgan fingerprint density at radius 2 is 1.97 bits per heavy atom. The van der Waals surface area contributed by atoms with Crippen LogP contribution < -0.4 is 0 Å². The fourth-order valence-electron chi connectivity index (χ4n) is 3.42. The highest BCUT2D eigenvalue weighted by molar-refractivity contribution is 9.10. The van der Waals surface area contributed by atoms with Crippen molar-refractivity contribution in [2.75, 3.05) is 6.54 Å². The predicted octanol–water partition coefficient (Wildman–Crippen LogP) is 6.61. The molecule has 0 unspecified atom stereocenters. The van der Waals surface area contributed by atoms with E-state index in [2.05, 4.69) is 34.3 Å². The van der Waals surface area contributed by atoms with Crippen molar-refractivity contribution in [1.29, 1.82) is 0 Å². The third-order valence-electron chi connectivity index (χ3n) is 5.06. The Balaban J connectivity index is 1.96. The van der Waals surface area contributed by atoms with Crippen molar-refractivity contribution in [3.8, 4) is 0 Å². The molecule has 0 N–H and O–H groups in total. The summed E-state index contributed by atoms with van der Waals surface area (Å²) in [6.45, 7) is 8.33. The fourth-order valence-corrected chi connectivity index (χ4v) is 3.97. The predicted molar refractivity (Wildman–Crippen MR) is 124 cm³/mol. The first kappa shape index (κ1) is 21.8. The molecular weight excluding hydrogens is 450 g/mol. The number of unbranched alkanes of at least 4 members (excludes halogenated alkanes) is 1. The molecule has 0 aliphatic rings. The molecule has 3 aromatic rings. The first-order valence-electron chi connectivity index (χ1n) is 10.1. The van der Waals surface area contributed by atoms with Crippen molar-refractivity contribution < 1.29 is 4.79 Å². The highest BCUT2D eigenvalue weighted by Gasteiger charge is 2.20. The minimum absolute atomic E-state index is 0.0345. The molecule has 0 aliphatic heterocycles. The third-order valence-corrected chi connectivity index (χ3v) is 6.15. The molecule has 0 aliphatic carbocycles. The van der Waals surface area contributed by atoms with E-state index in [1.165, 1.54) is 0 Å². The van der Waals surface area contributed by atoms with Gasteiger partial charge in [-0.15, -0.1) is 0 Å². The molecule has 0 saturated heterocycles. The lowest BCUT2D eigenvalue weighted by molar-refractivity contribution is 0.0734. The van der Waals surface area contributed by atoms with Crippen LogP contribution in [0.3, 0.4) is 0 Å².